The average Bonchev–Trinajstić information content (AvgIpc) is 3.16. The monoisotopic (exact) mass is 460 g/mol. The smallest absolute Gasteiger partial charge is 0.249 e. The summed E-state index contributed by atoms with van der Waals surface area (Å²) in [4.78, 5) is 12.9. The van der Waals surface area contributed by atoms with Crippen LogP contribution >= 0.6 is 11.3 Å². The van der Waals surface area contributed by atoms with E-state index in [2.05, 4.69) is 15.5 Å². The molecule has 1 atom stereocenters. The molecule has 0 aliphatic carbocycles. The third-order valence-electron chi connectivity index (χ3n) is 4.61. The van der Waals surface area contributed by atoms with Crippen molar-refractivity contribution in [3.05, 3.63) is 53.6 Å². The Morgan fingerprint density at radius 2 is 1.74 bits per heavy atom. The molecule has 0 saturated heterocycles. The van der Waals surface area contributed by atoms with Crippen LogP contribution in [0.3, 0.4) is 0 Å². The minimum Gasteiger partial charge on any atom is -0.495 e. The number of aryl methyl sites for hydroxylation is 2. The number of methoxy groups -OCH3 is 1. The Balaban J connectivity index is 1.86. The van der Waals surface area contributed by atoms with Crippen molar-refractivity contribution in [3.8, 4) is 16.3 Å². The molecule has 0 saturated carbocycles. The van der Waals surface area contributed by atoms with Gasteiger partial charge in [0.05, 0.1) is 19.1 Å². The van der Waals surface area contributed by atoms with Gasteiger partial charge in [0.1, 0.15) is 16.8 Å². The minimum atomic E-state index is -3.79. The molecule has 1 N–H and O–H groups in total. The van der Waals surface area contributed by atoms with Crippen LogP contribution in [0.2, 0.25) is 0 Å². The van der Waals surface area contributed by atoms with Crippen molar-refractivity contribution in [1.29, 1.82) is 0 Å². The molecule has 0 radical (unpaired) electrons. The maximum atomic E-state index is 12.9. The molecule has 3 aromatic rings. The number of nitrogens with zero attached hydrogens (tertiary/aromatic N) is 3. The number of hydrogen-bond acceptors (Lipinski definition) is 7. The first-order valence-electron chi connectivity index (χ1n) is 9.45. The number of aromatic nitrogens is 2. The molecule has 2 aromatic carbocycles. The highest BCUT2D eigenvalue weighted by molar-refractivity contribution is 7.92. The van der Waals surface area contributed by atoms with Crippen LogP contribution in [0.1, 0.15) is 18.1 Å². The first-order chi connectivity index (χ1) is 14.6. The molecule has 164 valence electrons. The van der Waals surface area contributed by atoms with E-state index in [0.29, 0.717) is 16.4 Å². The van der Waals surface area contributed by atoms with Gasteiger partial charge in [-0.25, -0.2) is 8.42 Å². The molecule has 0 fully saturated rings. The number of benzene rings is 2. The second-order valence-electron chi connectivity index (χ2n) is 7.18. The van der Waals surface area contributed by atoms with Gasteiger partial charge in [0, 0.05) is 5.56 Å². The maximum Gasteiger partial charge on any atom is 0.249 e. The zero-order valence-corrected chi connectivity index (χ0v) is 19.5. The molecular formula is C21H24N4O4S2. The Labute approximate surface area is 185 Å². The molecule has 0 aliphatic heterocycles. The first-order valence-corrected chi connectivity index (χ1v) is 12.1. The van der Waals surface area contributed by atoms with Crippen molar-refractivity contribution in [2.24, 2.45) is 0 Å². The van der Waals surface area contributed by atoms with Gasteiger partial charge in [0.15, 0.2) is 0 Å². The summed E-state index contributed by atoms with van der Waals surface area (Å²) >= 11 is 1.22. The Hall–Kier alpha value is -2.98. The largest absolute Gasteiger partial charge is 0.495 e. The second kappa shape index (κ2) is 9.03. The highest BCUT2D eigenvalue weighted by Gasteiger charge is 2.32. The summed E-state index contributed by atoms with van der Waals surface area (Å²) in [7, 11) is -2.33. The lowest BCUT2D eigenvalue weighted by atomic mass is 10.2. The molecule has 31 heavy (non-hydrogen) atoms. The van der Waals surface area contributed by atoms with Crippen LogP contribution in [0, 0.1) is 13.8 Å². The predicted octanol–water partition coefficient (Wildman–Crippen LogP) is 3.62. The lowest BCUT2D eigenvalue weighted by Crippen LogP contribution is -2.45. The molecule has 1 heterocycles. The zero-order chi connectivity index (χ0) is 22.8. The van der Waals surface area contributed by atoms with Gasteiger partial charge in [-0.05, 0) is 38.5 Å². The van der Waals surface area contributed by atoms with Crippen LogP contribution in [0.25, 0.3) is 10.6 Å². The first kappa shape index (κ1) is 22.7. The second-order valence-corrected chi connectivity index (χ2v) is 10.0. The number of hydrogen-bond donors (Lipinski definition) is 1. The molecular weight excluding hydrogens is 436 g/mol. The number of nitrogens with one attached hydrogen (secondary N) is 1. The molecule has 0 spiro atoms. The fraction of sp³-hybridized carbons (Fsp3) is 0.286. The molecule has 0 unspecified atom stereocenters. The topological polar surface area (TPSA) is 101 Å². The molecule has 0 aliphatic rings. The van der Waals surface area contributed by atoms with Crippen molar-refractivity contribution >= 4 is 38.1 Å². The van der Waals surface area contributed by atoms with Gasteiger partial charge in [-0.15, -0.1) is 10.2 Å². The van der Waals surface area contributed by atoms with Gasteiger partial charge in [-0.2, -0.15) is 0 Å². The van der Waals surface area contributed by atoms with Crippen LogP contribution in [0.15, 0.2) is 42.5 Å². The van der Waals surface area contributed by atoms with Crippen molar-refractivity contribution in [2.45, 2.75) is 26.8 Å². The van der Waals surface area contributed by atoms with E-state index in [9.17, 15) is 13.2 Å². The third kappa shape index (κ3) is 5.20. The highest BCUT2D eigenvalue weighted by atomic mass is 32.2. The van der Waals surface area contributed by atoms with Crippen LogP contribution in [-0.2, 0) is 14.8 Å². The van der Waals surface area contributed by atoms with Crippen LogP contribution in [-0.4, -0.2) is 43.9 Å². The lowest BCUT2D eigenvalue weighted by molar-refractivity contribution is -0.116. The van der Waals surface area contributed by atoms with Crippen molar-refractivity contribution in [1.82, 2.24) is 10.2 Å². The fourth-order valence-corrected chi connectivity index (χ4v) is 4.97. The standard InChI is InChI=1S/C21H24N4O4S2/c1-13-6-9-16(10-7-13)20-23-24-21(30-20)22-19(26)15(3)25(31(5,27)28)17-12-14(2)8-11-18(17)29-4/h6-12,15H,1-5H3,(H,22,24,26)/t15-/m1/s1. The summed E-state index contributed by atoms with van der Waals surface area (Å²) < 4.78 is 31.6. The van der Waals surface area contributed by atoms with Gasteiger partial charge in [0.2, 0.25) is 21.1 Å². The normalized spacial score (nSPS) is 12.3. The average molecular weight is 461 g/mol. The summed E-state index contributed by atoms with van der Waals surface area (Å²) in [6.45, 7) is 5.34. The summed E-state index contributed by atoms with van der Waals surface area (Å²) in [6.07, 6.45) is 1.05. The Morgan fingerprint density at radius 3 is 2.35 bits per heavy atom. The quantitative estimate of drug-likeness (QED) is 0.578. The Morgan fingerprint density at radius 1 is 1.10 bits per heavy atom. The number of amides is 1. The van der Waals surface area contributed by atoms with Crippen molar-refractivity contribution in [2.75, 3.05) is 23.0 Å². The van der Waals surface area contributed by atoms with E-state index < -0.39 is 22.0 Å². The predicted molar refractivity (Wildman–Crippen MR) is 123 cm³/mol. The fourth-order valence-electron chi connectivity index (χ4n) is 3.05. The van der Waals surface area contributed by atoms with Gasteiger partial charge < -0.3 is 4.74 Å². The minimum absolute atomic E-state index is 0.289. The number of rotatable bonds is 7. The molecule has 1 aromatic heterocycles. The molecule has 0 bridgehead atoms. The summed E-state index contributed by atoms with van der Waals surface area (Å²) in [5, 5.41) is 11.8. The van der Waals surface area contributed by atoms with Crippen molar-refractivity contribution in [3.63, 3.8) is 0 Å². The van der Waals surface area contributed by atoms with Crippen LogP contribution in [0.4, 0.5) is 10.8 Å². The summed E-state index contributed by atoms with van der Waals surface area (Å²) in [6, 6.07) is 11.9. The summed E-state index contributed by atoms with van der Waals surface area (Å²) in [5.41, 5.74) is 3.15. The maximum absolute atomic E-state index is 12.9. The van der Waals surface area contributed by atoms with Gasteiger partial charge >= 0.3 is 0 Å². The molecule has 3 rings (SSSR count). The Bertz CT molecular complexity index is 1190. The lowest BCUT2D eigenvalue weighted by Gasteiger charge is -2.29. The number of anilines is 2. The van der Waals surface area contributed by atoms with E-state index >= 15 is 0 Å². The molecule has 10 heteroatoms. The van der Waals surface area contributed by atoms with E-state index in [1.165, 1.54) is 25.4 Å². The van der Waals surface area contributed by atoms with Gasteiger partial charge in [-0.1, -0.05) is 47.2 Å². The van der Waals surface area contributed by atoms with E-state index in [1.807, 2.05) is 38.1 Å². The van der Waals surface area contributed by atoms with Crippen molar-refractivity contribution < 1.29 is 17.9 Å². The van der Waals surface area contributed by atoms with Gasteiger partial charge in [-0.3, -0.25) is 14.4 Å². The Kier molecular flexibility index (Phi) is 6.61. The molecule has 1 amide bonds. The van der Waals surface area contributed by atoms with Gasteiger partial charge in [0.25, 0.3) is 0 Å². The van der Waals surface area contributed by atoms with E-state index in [1.54, 1.807) is 18.2 Å². The van der Waals surface area contributed by atoms with Crippen LogP contribution < -0.4 is 14.4 Å². The third-order valence-corrected chi connectivity index (χ3v) is 6.73. The number of sulfonamides is 1. The van der Waals surface area contributed by atoms with Crippen LogP contribution in [0.5, 0.6) is 5.75 Å². The molecule has 8 nitrogen and oxygen atoms in total. The van der Waals surface area contributed by atoms with E-state index in [4.69, 9.17) is 4.74 Å². The summed E-state index contributed by atoms with van der Waals surface area (Å²) in [5.74, 6) is -0.172. The van der Waals surface area contributed by atoms with E-state index in [0.717, 1.165) is 27.3 Å². The number of carbonyl (C=O) groups is 1. The zero-order valence-electron chi connectivity index (χ0n) is 17.9. The SMILES string of the molecule is COc1ccc(C)cc1N([C@H](C)C(=O)Nc1nnc(-c2ccc(C)cc2)s1)S(C)(=O)=O. The number of ether oxygens (including phenoxy) is 1. The number of carbonyl (C=O) groups excluding carboxylic acids is 1. The highest BCUT2D eigenvalue weighted by Crippen LogP contribution is 2.33. The van der Waals surface area contributed by atoms with E-state index in [-0.39, 0.29) is 5.13 Å².